The SMILES string of the molecule is CC(C)SCCOC(C)(C)OC1CCCCC1. The Labute approximate surface area is 111 Å². The Kier molecular flexibility index (Phi) is 6.90. The van der Waals surface area contributed by atoms with E-state index in [4.69, 9.17) is 9.47 Å². The summed E-state index contributed by atoms with van der Waals surface area (Å²) in [7, 11) is 0. The molecule has 0 saturated heterocycles. The largest absolute Gasteiger partial charge is 0.350 e. The lowest BCUT2D eigenvalue weighted by molar-refractivity contribution is -0.238. The van der Waals surface area contributed by atoms with Crippen LogP contribution in [0.5, 0.6) is 0 Å². The molecule has 102 valence electrons. The predicted octanol–water partition coefficient (Wildman–Crippen LogP) is 4.23. The van der Waals surface area contributed by atoms with Gasteiger partial charge in [0.25, 0.3) is 0 Å². The molecule has 0 aromatic rings. The average Bonchev–Trinajstić information content (AvgIpc) is 2.25. The standard InChI is InChI=1S/C14H28O2S/c1-12(2)17-11-10-15-14(3,4)16-13-8-6-5-7-9-13/h12-13H,5-11H2,1-4H3. The van der Waals surface area contributed by atoms with Crippen LogP contribution in [0.4, 0.5) is 0 Å². The summed E-state index contributed by atoms with van der Waals surface area (Å²) in [4.78, 5) is 0. The Hall–Kier alpha value is 0.270. The molecule has 0 aromatic heterocycles. The highest BCUT2D eigenvalue weighted by molar-refractivity contribution is 7.99. The molecule has 0 radical (unpaired) electrons. The van der Waals surface area contributed by atoms with E-state index in [-0.39, 0.29) is 0 Å². The van der Waals surface area contributed by atoms with Gasteiger partial charge in [-0.1, -0.05) is 33.1 Å². The lowest BCUT2D eigenvalue weighted by Gasteiger charge is -2.32. The maximum Gasteiger partial charge on any atom is 0.163 e. The summed E-state index contributed by atoms with van der Waals surface area (Å²) >= 11 is 1.94. The molecule has 0 spiro atoms. The third kappa shape index (κ3) is 7.32. The van der Waals surface area contributed by atoms with Crippen LogP contribution in [-0.4, -0.2) is 29.5 Å². The maximum atomic E-state index is 6.05. The second-order valence-corrected chi connectivity index (χ2v) is 7.23. The molecule has 1 fully saturated rings. The van der Waals surface area contributed by atoms with E-state index in [0.29, 0.717) is 11.4 Å². The van der Waals surface area contributed by atoms with E-state index in [1.54, 1.807) is 0 Å². The van der Waals surface area contributed by atoms with Gasteiger partial charge in [-0.25, -0.2) is 0 Å². The first kappa shape index (κ1) is 15.3. The summed E-state index contributed by atoms with van der Waals surface area (Å²) in [6.07, 6.45) is 6.80. The molecule has 0 unspecified atom stereocenters. The minimum atomic E-state index is -0.417. The Morgan fingerprint density at radius 1 is 1.18 bits per heavy atom. The highest BCUT2D eigenvalue weighted by Gasteiger charge is 2.25. The third-order valence-corrected chi connectivity index (χ3v) is 4.06. The molecule has 0 atom stereocenters. The lowest BCUT2D eigenvalue weighted by Crippen LogP contribution is -2.35. The predicted molar refractivity (Wildman–Crippen MR) is 75.6 cm³/mol. The average molecular weight is 260 g/mol. The molecule has 1 saturated carbocycles. The minimum Gasteiger partial charge on any atom is -0.350 e. The van der Waals surface area contributed by atoms with Crippen molar-refractivity contribution in [2.75, 3.05) is 12.4 Å². The number of ether oxygens (including phenoxy) is 2. The maximum absolute atomic E-state index is 6.05. The zero-order chi connectivity index (χ0) is 12.7. The summed E-state index contributed by atoms with van der Waals surface area (Å²) in [5.74, 6) is 0.634. The summed E-state index contributed by atoms with van der Waals surface area (Å²) in [5, 5.41) is 0.681. The van der Waals surface area contributed by atoms with Crippen LogP contribution in [0, 0.1) is 0 Å². The zero-order valence-corrected chi connectivity index (χ0v) is 12.6. The number of hydrogen-bond donors (Lipinski definition) is 0. The van der Waals surface area contributed by atoms with Crippen LogP contribution < -0.4 is 0 Å². The Morgan fingerprint density at radius 3 is 2.41 bits per heavy atom. The fourth-order valence-electron chi connectivity index (χ4n) is 2.19. The van der Waals surface area contributed by atoms with Gasteiger partial charge in [0.15, 0.2) is 5.79 Å². The van der Waals surface area contributed by atoms with Gasteiger partial charge in [-0.05, 0) is 31.9 Å². The van der Waals surface area contributed by atoms with Crippen molar-refractivity contribution in [3.05, 3.63) is 0 Å². The van der Waals surface area contributed by atoms with Gasteiger partial charge in [-0.2, -0.15) is 11.8 Å². The fraction of sp³-hybridized carbons (Fsp3) is 1.00. The van der Waals surface area contributed by atoms with Crippen LogP contribution in [0.2, 0.25) is 0 Å². The fourth-order valence-corrected chi connectivity index (χ4v) is 2.84. The topological polar surface area (TPSA) is 18.5 Å². The van der Waals surface area contributed by atoms with Crippen LogP contribution in [0.15, 0.2) is 0 Å². The molecule has 0 amide bonds. The van der Waals surface area contributed by atoms with Crippen LogP contribution in [0.1, 0.15) is 59.8 Å². The van der Waals surface area contributed by atoms with Gasteiger partial charge in [-0.15, -0.1) is 0 Å². The van der Waals surface area contributed by atoms with E-state index >= 15 is 0 Å². The van der Waals surface area contributed by atoms with E-state index in [9.17, 15) is 0 Å². The Morgan fingerprint density at radius 2 is 1.82 bits per heavy atom. The van der Waals surface area contributed by atoms with Crippen LogP contribution in [-0.2, 0) is 9.47 Å². The van der Waals surface area contributed by atoms with Crippen molar-refractivity contribution in [3.8, 4) is 0 Å². The highest BCUT2D eigenvalue weighted by Crippen LogP contribution is 2.25. The normalized spacial score (nSPS) is 18.9. The first-order chi connectivity index (χ1) is 7.99. The van der Waals surface area contributed by atoms with E-state index in [1.165, 1.54) is 32.1 Å². The molecule has 1 aliphatic carbocycles. The molecule has 3 heteroatoms. The van der Waals surface area contributed by atoms with Crippen molar-refractivity contribution in [1.29, 1.82) is 0 Å². The van der Waals surface area contributed by atoms with Gasteiger partial charge in [0.2, 0.25) is 0 Å². The number of hydrogen-bond acceptors (Lipinski definition) is 3. The molecule has 17 heavy (non-hydrogen) atoms. The summed E-state index contributed by atoms with van der Waals surface area (Å²) in [6.45, 7) is 9.30. The van der Waals surface area contributed by atoms with Crippen molar-refractivity contribution in [3.63, 3.8) is 0 Å². The highest BCUT2D eigenvalue weighted by atomic mass is 32.2. The van der Waals surface area contributed by atoms with Crippen LogP contribution >= 0.6 is 11.8 Å². The van der Waals surface area contributed by atoms with E-state index in [2.05, 4.69) is 13.8 Å². The summed E-state index contributed by atoms with van der Waals surface area (Å²) in [6, 6.07) is 0. The van der Waals surface area contributed by atoms with E-state index in [0.717, 1.165) is 12.4 Å². The molecule has 0 aliphatic heterocycles. The molecule has 0 N–H and O–H groups in total. The van der Waals surface area contributed by atoms with Gasteiger partial charge < -0.3 is 9.47 Å². The van der Waals surface area contributed by atoms with Gasteiger partial charge in [0, 0.05) is 5.75 Å². The van der Waals surface area contributed by atoms with Gasteiger partial charge in [-0.3, -0.25) is 0 Å². The first-order valence-electron chi connectivity index (χ1n) is 6.93. The zero-order valence-electron chi connectivity index (χ0n) is 11.8. The quantitative estimate of drug-likeness (QED) is 0.504. The number of thioether (sulfide) groups is 1. The van der Waals surface area contributed by atoms with Crippen molar-refractivity contribution in [2.24, 2.45) is 0 Å². The van der Waals surface area contributed by atoms with Crippen LogP contribution in [0.25, 0.3) is 0 Å². The second kappa shape index (κ2) is 7.65. The molecular weight excluding hydrogens is 232 g/mol. The molecule has 2 nitrogen and oxygen atoms in total. The minimum absolute atomic E-state index is 0.413. The smallest absolute Gasteiger partial charge is 0.163 e. The molecule has 0 bridgehead atoms. The monoisotopic (exact) mass is 260 g/mol. The second-order valence-electron chi connectivity index (χ2n) is 5.55. The molecule has 1 aliphatic rings. The molecule has 0 aromatic carbocycles. The van der Waals surface area contributed by atoms with Gasteiger partial charge >= 0.3 is 0 Å². The van der Waals surface area contributed by atoms with Crippen LogP contribution in [0.3, 0.4) is 0 Å². The van der Waals surface area contributed by atoms with Crippen molar-refractivity contribution < 1.29 is 9.47 Å². The van der Waals surface area contributed by atoms with Gasteiger partial charge in [0.1, 0.15) is 0 Å². The third-order valence-electron chi connectivity index (χ3n) is 2.99. The van der Waals surface area contributed by atoms with Crippen molar-refractivity contribution in [2.45, 2.75) is 76.9 Å². The first-order valence-corrected chi connectivity index (χ1v) is 7.98. The molecular formula is C14H28O2S. The van der Waals surface area contributed by atoms with Gasteiger partial charge in [0.05, 0.1) is 12.7 Å². The lowest BCUT2D eigenvalue weighted by atomic mass is 9.97. The number of rotatable bonds is 7. The van der Waals surface area contributed by atoms with E-state index in [1.807, 2.05) is 25.6 Å². The Balaban J connectivity index is 2.15. The van der Waals surface area contributed by atoms with Crippen molar-refractivity contribution in [1.82, 2.24) is 0 Å². The molecule has 1 rings (SSSR count). The summed E-state index contributed by atoms with van der Waals surface area (Å²) in [5.41, 5.74) is 0. The Bertz CT molecular complexity index is 198. The van der Waals surface area contributed by atoms with E-state index < -0.39 is 5.79 Å². The van der Waals surface area contributed by atoms with Crippen molar-refractivity contribution >= 4 is 11.8 Å². The molecule has 0 heterocycles. The summed E-state index contributed by atoms with van der Waals surface area (Å²) < 4.78 is 11.9.